The van der Waals surface area contributed by atoms with Crippen LogP contribution in [-0.4, -0.2) is 41.5 Å². The van der Waals surface area contributed by atoms with Crippen LogP contribution in [0.5, 0.6) is 0 Å². The van der Waals surface area contributed by atoms with E-state index in [1.54, 1.807) is 0 Å². The molecule has 1 aliphatic rings. The van der Waals surface area contributed by atoms with Crippen molar-refractivity contribution < 1.29 is 5.11 Å². The zero-order chi connectivity index (χ0) is 13.7. The Morgan fingerprint density at radius 2 is 2.05 bits per heavy atom. The number of fused-ring (bicyclic) bond motifs is 1. The summed E-state index contributed by atoms with van der Waals surface area (Å²) < 4.78 is 0. The Bertz CT molecular complexity index is 392. The van der Waals surface area contributed by atoms with Gasteiger partial charge in [0.15, 0.2) is 0 Å². The Balaban J connectivity index is 2.06. The number of aliphatic hydroxyl groups excluding tert-OH is 1. The summed E-state index contributed by atoms with van der Waals surface area (Å²) in [6.45, 7) is 6.64. The molecule has 0 radical (unpaired) electrons. The van der Waals surface area contributed by atoms with Gasteiger partial charge >= 0.3 is 0 Å². The molecule has 1 aliphatic heterocycles. The Morgan fingerprint density at radius 1 is 1.32 bits per heavy atom. The van der Waals surface area contributed by atoms with Crippen molar-refractivity contribution in [1.29, 1.82) is 0 Å². The molecule has 0 bridgehead atoms. The molecule has 0 amide bonds. The van der Waals surface area contributed by atoms with Crippen LogP contribution in [0.3, 0.4) is 0 Å². The van der Waals surface area contributed by atoms with Crippen LogP contribution in [0.2, 0.25) is 0 Å². The minimum Gasteiger partial charge on any atom is -0.395 e. The van der Waals surface area contributed by atoms with Gasteiger partial charge in [-0.1, -0.05) is 32.0 Å². The molecule has 2 rings (SSSR count). The molecule has 0 aliphatic carbocycles. The highest BCUT2D eigenvalue weighted by molar-refractivity contribution is 7.99. The number of aliphatic hydroxyl groups is 1. The van der Waals surface area contributed by atoms with Gasteiger partial charge in [0.05, 0.1) is 6.61 Å². The topological polar surface area (TPSA) is 23.5 Å². The SMILES string of the molecule is CCC(CC)N(CCO)CC1CSc2ccccc21. The molecule has 1 atom stereocenters. The highest BCUT2D eigenvalue weighted by Gasteiger charge is 2.26. The lowest BCUT2D eigenvalue weighted by Gasteiger charge is -2.32. The first-order chi connectivity index (χ1) is 9.30. The van der Waals surface area contributed by atoms with E-state index in [1.165, 1.54) is 16.2 Å². The van der Waals surface area contributed by atoms with Gasteiger partial charge in [-0.05, 0) is 24.5 Å². The van der Waals surface area contributed by atoms with E-state index in [-0.39, 0.29) is 6.61 Å². The zero-order valence-electron chi connectivity index (χ0n) is 12.0. The lowest BCUT2D eigenvalue weighted by molar-refractivity contribution is 0.138. The Morgan fingerprint density at radius 3 is 2.74 bits per heavy atom. The van der Waals surface area contributed by atoms with Crippen molar-refractivity contribution in [2.45, 2.75) is 43.5 Å². The lowest BCUT2D eigenvalue weighted by atomic mass is 9.99. The molecule has 3 heteroatoms. The van der Waals surface area contributed by atoms with Crippen LogP contribution < -0.4 is 0 Å². The summed E-state index contributed by atoms with van der Waals surface area (Å²) in [7, 11) is 0. The number of thioether (sulfide) groups is 1. The van der Waals surface area contributed by atoms with Crippen LogP contribution in [-0.2, 0) is 0 Å². The van der Waals surface area contributed by atoms with Crippen molar-refractivity contribution >= 4 is 11.8 Å². The highest BCUT2D eigenvalue weighted by Crippen LogP contribution is 2.39. The van der Waals surface area contributed by atoms with Gasteiger partial charge in [0.25, 0.3) is 0 Å². The molecule has 1 aromatic carbocycles. The predicted octanol–water partition coefficient (Wildman–Crippen LogP) is 3.36. The van der Waals surface area contributed by atoms with Crippen molar-refractivity contribution in [3.05, 3.63) is 29.8 Å². The third-order valence-corrected chi connectivity index (χ3v) is 5.35. The van der Waals surface area contributed by atoms with Crippen molar-refractivity contribution in [3.8, 4) is 0 Å². The average molecular weight is 279 g/mol. The number of benzene rings is 1. The number of nitrogens with zero attached hydrogens (tertiary/aromatic N) is 1. The van der Waals surface area contributed by atoms with Gasteiger partial charge < -0.3 is 5.11 Å². The zero-order valence-corrected chi connectivity index (χ0v) is 12.8. The first kappa shape index (κ1) is 14.9. The Kier molecular flexibility index (Phi) is 5.74. The summed E-state index contributed by atoms with van der Waals surface area (Å²) in [6, 6.07) is 9.37. The maximum atomic E-state index is 9.30. The van der Waals surface area contributed by atoms with E-state index in [9.17, 15) is 5.11 Å². The molecule has 19 heavy (non-hydrogen) atoms. The fourth-order valence-corrected chi connectivity index (χ4v) is 4.26. The van der Waals surface area contributed by atoms with Crippen LogP contribution in [0.25, 0.3) is 0 Å². The molecule has 106 valence electrons. The fraction of sp³-hybridized carbons (Fsp3) is 0.625. The maximum absolute atomic E-state index is 9.30. The average Bonchev–Trinajstić information content (AvgIpc) is 2.84. The minimum absolute atomic E-state index is 0.262. The molecule has 0 saturated heterocycles. The number of hydrogen-bond acceptors (Lipinski definition) is 3. The largest absolute Gasteiger partial charge is 0.395 e. The van der Waals surface area contributed by atoms with E-state index in [0.717, 1.165) is 25.9 Å². The molecule has 0 fully saturated rings. The minimum atomic E-state index is 0.262. The van der Waals surface area contributed by atoms with E-state index in [0.29, 0.717) is 12.0 Å². The predicted molar refractivity (Wildman–Crippen MR) is 82.9 cm³/mol. The summed E-state index contributed by atoms with van der Waals surface area (Å²) in [4.78, 5) is 3.92. The van der Waals surface area contributed by atoms with Gasteiger partial charge in [0.1, 0.15) is 0 Å². The summed E-state index contributed by atoms with van der Waals surface area (Å²) in [5.74, 6) is 1.80. The molecule has 1 heterocycles. The third kappa shape index (κ3) is 3.53. The standard InChI is InChI=1S/C16H25NOS/c1-3-14(4-2)17(9-10-18)11-13-12-19-16-8-6-5-7-15(13)16/h5-8,13-14,18H,3-4,9-12H2,1-2H3. The maximum Gasteiger partial charge on any atom is 0.0558 e. The fourth-order valence-electron chi connectivity index (χ4n) is 3.02. The molecule has 1 aromatic rings. The third-order valence-electron chi connectivity index (χ3n) is 4.10. The van der Waals surface area contributed by atoms with E-state index >= 15 is 0 Å². The first-order valence-electron chi connectivity index (χ1n) is 7.36. The molecule has 0 spiro atoms. The second-order valence-electron chi connectivity index (χ2n) is 5.23. The van der Waals surface area contributed by atoms with Crippen LogP contribution in [0.15, 0.2) is 29.2 Å². The lowest BCUT2D eigenvalue weighted by Crippen LogP contribution is -2.39. The monoisotopic (exact) mass is 279 g/mol. The van der Waals surface area contributed by atoms with Crippen molar-refractivity contribution in [2.24, 2.45) is 0 Å². The van der Waals surface area contributed by atoms with E-state index in [1.807, 2.05) is 11.8 Å². The highest BCUT2D eigenvalue weighted by atomic mass is 32.2. The van der Waals surface area contributed by atoms with E-state index < -0.39 is 0 Å². The molecule has 0 aromatic heterocycles. The van der Waals surface area contributed by atoms with E-state index in [4.69, 9.17) is 0 Å². The Labute approximate surface area is 121 Å². The Hall–Kier alpha value is -0.510. The molecule has 2 nitrogen and oxygen atoms in total. The smallest absolute Gasteiger partial charge is 0.0558 e. The van der Waals surface area contributed by atoms with Gasteiger partial charge in [-0.15, -0.1) is 11.8 Å². The second kappa shape index (κ2) is 7.32. The number of hydrogen-bond donors (Lipinski definition) is 1. The van der Waals surface area contributed by atoms with Crippen LogP contribution in [0.1, 0.15) is 38.2 Å². The molecule has 0 saturated carbocycles. The molecule has 1 unspecified atom stereocenters. The normalized spacial score (nSPS) is 18.3. The summed E-state index contributed by atoms with van der Waals surface area (Å²) in [5.41, 5.74) is 1.50. The first-order valence-corrected chi connectivity index (χ1v) is 8.35. The molecular weight excluding hydrogens is 254 g/mol. The summed E-state index contributed by atoms with van der Waals surface area (Å²) in [5, 5.41) is 9.30. The second-order valence-corrected chi connectivity index (χ2v) is 6.30. The van der Waals surface area contributed by atoms with Crippen molar-refractivity contribution in [3.63, 3.8) is 0 Å². The molecular formula is C16H25NOS. The quantitative estimate of drug-likeness (QED) is 0.828. The van der Waals surface area contributed by atoms with E-state index in [2.05, 4.69) is 43.0 Å². The van der Waals surface area contributed by atoms with Crippen LogP contribution >= 0.6 is 11.8 Å². The van der Waals surface area contributed by atoms with Crippen molar-refractivity contribution in [2.75, 3.05) is 25.4 Å². The van der Waals surface area contributed by atoms with Gasteiger partial charge in [-0.3, -0.25) is 4.90 Å². The van der Waals surface area contributed by atoms with Crippen molar-refractivity contribution in [1.82, 2.24) is 4.90 Å². The summed E-state index contributed by atoms with van der Waals surface area (Å²) >= 11 is 1.97. The van der Waals surface area contributed by atoms with Crippen LogP contribution in [0.4, 0.5) is 0 Å². The number of rotatable bonds is 7. The van der Waals surface area contributed by atoms with Gasteiger partial charge in [0.2, 0.25) is 0 Å². The molecule has 1 N–H and O–H groups in total. The van der Waals surface area contributed by atoms with Gasteiger partial charge in [-0.25, -0.2) is 0 Å². The van der Waals surface area contributed by atoms with Gasteiger partial charge in [0, 0.05) is 35.7 Å². The summed E-state index contributed by atoms with van der Waals surface area (Å²) in [6.07, 6.45) is 2.33. The van der Waals surface area contributed by atoms with Crippen LogP contribution in [0, 0.1) is 0 Å². The van der Waals surface area contributed by atoms with Gasteiger partial charge in [-0.2, -0.15) is 0 Å².